The van der Waals surface area contributed by atoms with Crippen LogP contribution in [0.25, 0.3) is 0 Å². The van der Waals surface area contributed by atoms with Gasteiger partial charge in [0, 0.05) is 19.4 Å². The third-order valence-corrected chi connectivity index (χ3v) is 2.75. The number of esters is 1. The molecule has 0 radical (unpaired) electrons. The zero-order valence-corrected chi connectivity index (χ0v) is 10.7. The number of rotatable bonds is 4. The summed E-state index contributed by atoms with van der Waals surface area (Å²) in [6.45, 7) is 0.366. The van der Waals surface area contributed by atoms with E-state index in [1.165, 1.54) is 25.3 Å². The number of nitrogens with one attached hydrogen (secondary N) is 1. The summed E-state index contributed by atoms with van der Waals surface area (Å²) in [4.78, 5) is 15.5. The Morgan fingerprint density at radius 3 is 2.95 bits per heavy atom. The highest BCUT2D eigenvalue weighted by Crippen LogP contribution is 2.17. The fourth-order valence-corrected chi connectivity index (χ4v) is 1.65. The predicted octanol–water partition coefficient (Wildman–Crippen LogP) is 1.96. The average molecular weight is 263 g/mol. The number of nitrogens with zero attached hydrogens (tertiary/aromatic N) is 2. The first-order valence-corrected chi connectivity index (χ1v) is 5.69. The molecule has 0 aliphatic heterocycles. The standard InChI is InChI=1S/C13H14FN3O2/c1-17-6-5-15-12(17)8-16-11-7-9(13(18)19-2)3-4-10(11)14/h3-7,16H,8H2,1-2H3. The van der Waals surface area contributed by atoms with Crippen molar-refractivity contribution >= 4 is 11.7 Å². The monoisotopic (exact) mass is 263 g/mol. The Hall–Kier alpha value is -2.37. The summed E-state index contributed by atoms with van der Waals surface area (Å²) in [6.07, 6.45) is 3.47. The van der Waals surface area contributed by atoms with Gasteiger partial charge in [0.2, 0.25) is 0 Å². The van der Waals surface area contributed by atoms with E-state index < -0.39 is 11.8 Å². The molecule has 6 heteroatoms. The number of carbonyl (C=O) groups is 1. The molecule has 0 aliphatic rings. The van der Waals surface area contributed by atoms with Crippen LogP contribution in [0.1, 0.15) is 16.2 Å². The Morgan fingerprint density at radius 2 is 2.32 bits per heavy atom. The highest BCUT2D eigenvalue weighted by atomic mass is 19.1. The Balaban J connectivity index is 2.15. The van der Waals surface area contributed by atoms with Crippen LogP contribution in [-0.2, 0) is 18.3 Å². The van der Waals surface area contributed by atoms with Gasteiger partial charge in [0.15, 0.2) is 0 Å². The summed E-state index contributed by atoms with van der Waals surface area (Å²) in [5.74, 6) is -0.162. The third kappa shape index (κ3) is 2.90. The normalized spacial score (nSPS) is 10.3. The Bertz CT molecular complexity index is 595. The number of anilines is 1. The van der Waals surface area contributed by atoms with Crippen molar-refractivity contribution in [3.8, 4) is 0 Å². The number of imidazole rings is 1. The summed E-state index contributed by atoms with van der Waals surface area (Å²) >= 11 is 0. The average Bonchev–Trinajstić information content (AvgIpc) is 2.82. The molecule has 1 aromatic carbocycles. The maximum atomic E-state index is 13.6. The number of hydrogen-bond donors (Lipinski definition) is 1. The lowest BCUT2D eigenvalue weighted by Gasteiger charge is -2.09. The molecule has 5 nitrogen and oxygen atoms in total. The molecule has 19 heavy (non-hydrogen) atoms. The lowest BCUT2D eigenvalue weighted by atomic mass is 10.2. The zero-order chi connectivity index (χ0) is 13.8. The fraction of sp³-hybridized carbons (Fsp3) is 0.231. The molecule has 0 saturated heterocycles. The first-order chi connectivity index (χ1) is 9.11. The van der Waals surface area contributed by atoms with Gasteiger partial charge < -0.3 is 14.6 Å². The van der Waals surface area contributed by atoms with Gasteiger partial charge in [-0.25, -0.2) is 14.2 Å². The molecule has 1 aromatic heterocycles. The maximum absolute atomic E-state index is 13.6. The van der Waals surface area contributed by atoms with Crippen molar-refractivity contribution < 1.29 is 13.9 Å². The van der Waals surface area contributed by atoms with Gasteiger partial charge in [0.1, 0.15) is 11.6 Å². The van der Waals surface area contributed by atoms with E-state index in [4.69, 9.17) is 0 Å². The second-order valence-corrected chi connectivity index (χ2v) is 3.99. The van der Waals surface area contributed by atoms with Gasteiger partial charge in [0.05, 0.1) is 24.9 Å². The number of benzene rings is 1. The second-order valence-electron chi connectivity index (χ2n) is 3.99. The van der Waals surface area contributed by atoms with Crippen molar-refractivity contribution in [1.29, 1.82) is 0 Å². The van der Waals surface area contributed by atoms with Gasteiger partial charge in [0.25, 0.3) is 0 Å². The topological polar surface area (TPSA) is 56.1 Å². The zero-order valence-electron chi connectivity index (χ0n) is 10.7. The Morgan fingerprint density at radius 1 is 1.53 bits per heavy atom. The number of carbonyl (C=O) groups excluding carboxylic acids is 1. The van der Waals surface area contributed by atoms with Crippen LogP contribution in [0, 0.1) is 5.82 Å². The molecule has 0 aliphatic carbocycles. The van der Waals surface area contributed by atoms with Crippen molar-refractivity contribution in [2.45, 2.75) is 6.54 Å². The van der Waals surface area contributed by atoms with Gasteiger partial charge in [-0.1, -0.05) is 0 Å². The summed E-state index contributed by atoms with van der Waals surface area (Å²) in [7, 11) is 3.14. The summed E-state index contributed by atoms with van der Waals surface area (Å²) in [5.41, 5.74) is 0.539. The molecule has 0 amide bonds. The molecule has 2 rings (SSSR count). The van der Waals surface area contributed by atoms with Crippen LogP contribution < -0.4 is 5.32 Å². The molecular formula is C13H14FN3O2. The van der Waals surface area contributed by atoms with Crippen LogP contribution in [0.4, 0.5) is 10.1 Å². The van der Waals surface area contributed by atoms with Gasteiger partial charge in [-0.2, -0.15) is 0 Å². The van der Waals surface area contributed by atoms with Crippen LogP contribution in [0.5, 0.6) is 0 Å². The summed E-state index contributed by atoms with van der Waals surface area (Å²) in [6, 6.07) is 4.03. The highest BCUT2D eigenvalue weighted by molar-refractivity contribution is 5.90. The molecule has 2 aromatic rings. The number of aryl methyl sites for hydroxylation is 1. The van der Waals surface area contributed by atoms with Crippen LogP contribution >= 0.6 is 0 Å². The van der Waals surface area contributed by atoms with Gasteiger partial charge in [-0.3, -0.25) is 0 Å². The van der Waals surface area contributed by atoms with Crippen LogP contribution in [0.15, 0.2) is 30.6 Å². The molecule has 0 fully saturated rings. The first kappa shape index (κ1) is 13.1. The van der Waals surface area contributed by atoms with Crippen molar-refractivity contribution in [1.82, 2.24) is 9.55 Å². The number of methoxy groups -OCH3 is 1. The minimum atomic E-state index is -0.500. The fourth-order valence-electron chi connectivity index (χ4n) is 1.65. The van der Waals surface area contributed by atoms with E-state index in [0.717, 1.165) is 5.82 Å². The van der Waals surface area contributed by atoms with E-state index in [1.807, 2.05) is 11.6 Å². The van der Waals surface area contributed by atoms with E-state index in [-0.39, 0.29) is 5.69 Å². The minimum Gasteiger partial charge on any atom is -0.465 e. The van der Waals surface area contributed by atoms with Crippen LogP contribution in [-0.4, -0.2) is 22.6 Å². The Labute approximate surface area is 110 Å². The quantitative estimate of drug-likeness (QED) is 0.857. The first-order valence-electron chi connectivity index (χ1n) is 5.69. The highest BCUT2D eigenvalue weighted by Gasteiger charge is 2.10. The van der Waals surface area contributed by atoms with Crippen molar-refractivity contribution in [3.63, 3.8) is 0 Å². The minimum absolute atomic E-state index is 0.242. The van der Waals surface area contributed by atoms with Crippen LogP contribution in [0.3, 0.4) is 0 Å². The van der Waals surface area contributed by atoms with Crippen LogP contribution in [0.2, 0.25) is 0 Å². The second kappa shape index (κ2) is 5.51. The number of aromatic nitrogens is 2. The molecular weight excluding hydrogens is 249 g/mol. The van der Waals surface area contributed by atoms with E-state index in [9.17, 15) is 9.18 Å². The molecule has 0 bridgehead atoms. The van der Waals surface area contributed by atoms with Crippen molar-refractivity contribution in [2.24, 2.45) is 7.05 Å². The smallest absolute Gasteiger partial charge is 0.337 e. The summed E-state index contributed by atoms with van der Waals surface area (Å²) in [5, 5.41) is 2.91. The van der Waals surface area contributed by atoms with Crippen molar-refractivity contribution in [3.05, 3.63) is 47.8 Å². The molecule has 1 heterocycles. The van der Waals surface area contributed by atoms with Gasteiger partial charge in [-0.05, 0) is 18.2 Å². The molecule has 0 saturated carbocycles. The largest absolute Gasteiger partial charge is 0.465 e. The van der Waals surface area contributed by atoms with E-state index >= 15 is 0 Å². The number of hydrogen-bond acceptors (Lipinski definition) is 4. The molecule has 100 valence electrons. The van der Waals surface area contributed by atoms with E-state index in [1.54, 1.807) is 12.4 Å². The SMILES string of the molecule is COC(=O)c1ccc(F)c(NCc2nccn2C)c1. The lowest BCUT2D eigenvalue weighted by Crippen LogP contribution is -2.08. The third-order valence-electron chi connectivity index (χ3n) is 2.75. The van der Waals surface area contributed by atoms with Crippen molar-refractivity contribution in [2.75, 3.05) is 12.4 Å². The summed E-state index contributed by atoms with van der Waals surface area (Å²) < 4.78 is 20.0. The molecule has 0 spiro atoms. The predicted molar refractivity (Wildman–Crippen MR) is 68.3 cm³/mol. The number of ether oxygens (including phenoxy) is 1. The van der Waals surface area contributed by atoms with E-state index in [2.05, 4.69) is 15.0 Å². The lowest BCUT2D eigenvalue weighted by molar-refractivity contribution is 0.0600. The molecule has 1 N–H and O–H groups in total. The molecule has 0 unspecified atom stereocenters. The Kier molecular flexibility index (Phi) is 3.79. The molecule has 0 atom stereocenters. The number of halogens is 1. The van der Waals surface area contributed by atoms with E-state index in [0.29, 0.717) is 12.1 Å². The van der Waals surface area contributed by atoms with Gasteiger partial charge in [-0.15, -0.1) is 0 Å². The van der Waals surface area contributed by atoms with Gasteiger partial charge >= 0.3 is 5.97 Å². The maximum Gasteiger partial charge on any atom is 0.337 e.